The molecule has 0 aliphatic heterocycles. The summed E-state index contributed by atoms with van der Waals surface area (Å²) in [5.74, 6) is 0.805. The predicted octanol–water partition coefficient (Wildman–Crippen LogP) is 4.14. The van der Waals surface area contributed by atoms with Crippen molar-refractivity contribution in [2.45, 2.75) is 19.4 Å². The summed E-state index contributed by atoms with van der Waals surface area (Å²) in [4.78, 5) is 25.8. The van der Waals surface area contributed by atoms with Crippen molar-refractivity contribution in [2.75, 3.05) is 18.4 Å². The first-order valence-electron chi connectivity index (χ1n) is 11.1. The third-order valence-corrected chi connectivity index (χ3v) is 6.36. The zero-order valence-electron chi connectivity index (χ0n) is 18.6. The molecule has 0 aliphatic carbocycles. The number of anilines is 1. The molecule has 5 rings (SSSR count). The van der Waals surface area contributed by atoms with E-state index in [1.54, 1.807) is 30.6 Å². The number of H-pyrrole nitrogens is 1. The van der Waals surface area contributed by atoms with Crippen LogP contribution in [0.15, 0.2) is 55.1 Å². The number of aromatic amines is 1. The highest BCUT2D eigenvalue weighted by atomic mass is 32.1. The molecular weight excluding hydrogens is 470 g/mol. The van der Waals surface area contributed by atoms with Crippen molar-refractivity contribution in [3.63, 3.8) is 0 Å². The van der Waals surface area contributed by atoms with Crippen LogP contribution in [-0.2, 0) is 19.4 Å². The number of rotatable bonds is 10. The van der Waals surface area contributed by atoms with Gasteiger partial charge in [-0.3, -0.25) is 4.98 Å². The standard InChI is InChI=1S/C24H22F2N8S/c25-16-5-3-15(4-6-16)18-12-29-20(33-18)7-10-27-11-8-21-34-22-23(31-14-32-24(22)35-21)30-13-19-17(26)2-1-9-28-19/h1-6,9,12,14,27H,7-8,10-11,13H2,(H,29,33)(H,30,31,32). The van der Waals surface area contributed by atoms with Gasteiger partial charge < -0.3 is 15.6 Å². The van der Waals surface area contributed by atoms with Crippen LogP contribution in [0.25, 0.3) is 21.6 Å². The van der Waals surface area contributed by atoms with Gasteiger partial charge in [0.15, 0.2) is 5.82 Å². The Morgan fingerprint density at radius 2 is 1.80 bits per heavy atom. The third-order valence-electron chi connectivity index (χ3n) is 5.34. The van der Waals surface area contributed by atoms with Gasteiger partial charge in [-0.25, -0.2) is 28.7 Å². The Labute approximate surface area is 203 Å². The smallest absolute Gasteiger partial charge is 0.157 e. The van der Waals surface area contributed by atoms with Crippen LogP contribution < -0.4 is 10.6 Å². The molecule has 0 spiro atoms. The summed E-state index contributed by atoms with van der Waals surface area (Å²) in [5.41, 5.74) is 2.76. The number of hydrogen-bond acceptors (Lipinski definition) is 8. The molecule has 5 aromatic rings. The summed E-state index contributed by atoms with van der Waals surface area (Å²) in [7, 11) is 0. The molecule has 0 unspecified atom stereocenters. The number of nitrogens with zero attached hydrogens (tertiary/aromatic N) is 5. The van der Waals surface area contributed by atoms with Crippen molar-refractivity contribution >= 4 is 27.5 Å². The number of hydrogen-bond donors (Lipinski definition) is 3. The Kier molecular flexibility index (Phi) is 6.96. The van der Waals surface area contributed by atoms with Crippen molar-refractivity contribution in [1.29, 1.82) is 0 Å². The van der Waals surface area contributed by atoms with Crippen LogP contribution in [-0.4, -0.2) is 43.0 Å². The van der Waals surface area contributed by atoms with Gasteiger partial charge in [-0.1, -0.05) is 11.3 Å². The molecule has 0 fully saturated rings. The number of pyridine rings is 1. The van der Waals surface area contributed by atoms with E-state index in [9.17, 15) is 8.78 Å². The Balaban J connectivity index is 1.12. The van der Waals surface area contributed by atoms with Crippen LogP contribution in [0.1, 0.15) is 16.5 Å². The van der Waals surface area contributed by atoms with Gasteiger partial charge in [0.25, 0.3) is 0 Å². The molecule has 8 nitrogen and oxygen atoms in total. The maximum atomic E-state index is 13.8. The normalized spacial score (nSPS) is 11.3. The molecule has 0 atom stereocenters. The summed E-state index contributed by atoms with van der Waals surface area (Å²) in [6.45, 7) is 1.72. The van der Waals surface area contributed by atoms with E-state index in [-0.39, 0.29) is 18.2 Å². The maximum Gasteiger partial charge on any atom is 0.157 e. The number of aromatic nitrogens is 6. The second-order valence-corrected chi connectivity index (χ2v) is 8.83. The van der Waals surface area contributed by atoms with E-state index >= 15 is 0 Å². The predicted molar refractivity (Wildman–Crippen MR) is 131 cm³/mol. The quantitative estimate of drug-likeness (QED) is 0.252. The van der Waals surface area contributed by atoms with Crippen molar-refractivity contribution in [3.8, 4) is 11.3 Å². The Hall–Kier alpha value is -3.83. The molecular formula is C24H22F2N8S. The molecule has 0 saturated heterocycles. The minimum absolute atomic E-state index is 0.211. The summed E-state index contributed by atoms with van der Waals surface area (Å²) < 4.78 is 26.9. The van der Waals surface area contributed by atoms with Gasteiger partial charge in [0.2, 0.25) is 0 Å². The summed E-state index contributed by atoms with van der Waals surface area (Å²) in [6.07, 6.45) is 6.28. The lowest BCUT2D eigenvalue weighted by molar-refractivity contribution is 0.602. The van der Waals surface area contributed by atoms with E-state index in [2.05, 4.69) is 40.5 Å². The minimum atomic E-state index is -0.364. The lowest BCUT2D eigenvalue weighted by Gasteiger charge is -2.05. The van der Waals surface area contributed by atoms with Crippen molar-refractivity contribution in [3.05, 3.63) is 83.3 Å². The van der Waals surface area contributed by atoms with E-state index < -0.39 is 0 Å². The van der Waals surface area contributed by atoms with Crippen LogP contribution >= 0.6 is 11.3 Å². The molecule has 0 bridgehead atoms. The Bertz CT molecular complexity index is 1420. The van der Waals surface area contributed by atoms with E-state index in [0.717, 1.165) is 52.9 Å². The summed E-state index contributed by atoms with van der Waals surface area (Å²) in [6, 6.07) is 9.26. The average molecular weight is 493 g/mol. The van der Waals surface area contributed by atoms with E-state index in [1.165, 1.54) is 35.9 Å². The van der Waals surface area contributed by atoms with Crippen molar-refractivity contribution in [1.82, 2.24) is 35.2 Å². The fraction of sp³-hybridized carbons (Fsp3) is 0.208. The second kappa shape index (κ2) is 10.6. The van der Waals surface area contributed by atoms with Crippen LogP contribution in [0.2, 0.25) is 0 Å². The van der Waals surface area contributed by atoms with Gasteiger partial charge in [0.1, 0.15) is 34.1 Å². The largest absolute Gasteiger partial charge is 0.362 e. The maximum absolute atomic E-state index is 13.8. The highest BCUT2D eigenvalue weighted by Crippen LogP contribution is 2.25. The van der Waals surface area contributed by atoms with Crippen LogP contribution in [0.3, 0.4) is 0 Å². The molecule has 3 N–H and O–H groups in total. The molecule has 0 saturated carbocycles. The van der Waals surface area contributed by atoms with Crippen molar-refractivity contribution in [2.24, 2.45) is 0 Å². The number of thiazole rings is 1. The van der Waals surface area contributed by atoms with Gasteiger partial charge in [-0.05, 0) is 42.0 Å². The first kappa shape index (κ1) is 22.9. The molecule has 178 valence electrons. The minimum Gasteiger partial charge on any atom is -0.362 e. The molecule has 0 radical (unpaired) electrons. The monoisotopic (exact) mass is 492 g/mol. The first-order valence-corrected chi connectivity index (χ1v) is 11.9. The number of halogens is 2. The van der Waals surface area contributed by atoms with E-state index in [0.29, 0.717) is 17.0 Å². The lowest BCUT2D eigenvalue weighted by atomic mass is 10.2. The fourth-order valence-corrected chi connectivity index (χ4v) is 4.45. The molecule has 0 amide bonds. The van der Waals surface area contributed by atoms with Gasteiger partial charge in [-0.15, -0.1) is 0 Å². The Morgan fingerprint density at radius 1 is 0.943 bits per heavy atom. The molecule has 4 heterocycles. The summed E-state index contributed by atoms with van der Waals surface area (Å²) >= 11 is 1.52. The highest BCUT2D eigenvalue weighted by molar-refractivity contribution is 7.18. The fourth-order valence-electron chi connectivity index (χ4n) is 3.54. The zero-order chi connectivity index (χ0) is 24.0. The zero-order valence-corrected chi connectivity index (χ0v) is 19.4. The van der Waals surface area contributed by atoms with Gasteiger partial charge >= 0.3 is 0 Å². The number of nitrogens with one attached hydrogen (secondary N) is 3. The number of benzene rings is 1. The highest BCUT2D eigenvalue weighted by Gasteiger charge is 2.12. The molecule has 0 aliphatic rings. The lowest BCUT2D eigenvalue weighted by Crippen LogP contribution is -2.20. The summed E-state index contributed by atoms with van der Waals surface area (Å²) in [5, 5.41) is 7.46. The molecule has 4 aromatic heterocycles. The van der Waals surface area contributed by atoms with Gasteiger partial charge in [0, 0.05) is 32.1 Å². The van der Waals surface area contributed by atoms with Gasteiger partial charge in [0.05, 0.1) is 29.1 Å². The Morgan fingerprint density at radius 3 is 2.66 bits per heavy atom. The third kappa shape index (κ3) is 5.64. The first-order chi connectivity index (χ1) is 17.2. The van der Waals surface area contributed by atoms with E-state index in [1.807, 2.05) is 0 Å². The van der Waals surface area contributed by atoms with Gasteiger partial charge in [-0.2, -0.15) is 0 Å². The van der Waals surface area contributed by atoms with Crippen LogP contribution in [0.4, 0.5) is 14.6 Å². The van der Waals surface area contributed by atoms with Crippen LogP contribution in [0, 0.1) is 11.6 Å². The molecule has 1 aromatic carbocycles. The van der Waals surface area contributed by atoms with E-state index in [4.69, 9.17) is 0 Å². The van der Waals surface area contributed by atoms with Crippen LogP contribution in [0.5, 0.6) is 0 Å². The molecule has 11 heteroatoms. The number of imidazole rings is 1. The number of fused-ring (bicyclic) bond motifs is 1. The topological polar surface area (TPSA) is 104 Å². The van der Waals surface area contributed by atoms with Crippen molar-refractivity contribution < 1.29 is 8.78 Å². The SMILES string of the molecule is Fc1ccc(-c2cnc(CCNCCc3nc4c(NCc5ncccc5F)ncnc4s3)[nH]2)cc1. The second-order valence-electron chi connectivity index (χ2n) is 7.77. The average Bonchev–Trinajstić information content (AvgIpc) is 3.51. The molecule has 35 heavy (non-hydrogen) atoms.